The average molecular weight is 463 g/mol. The van der Waals surface area contributed by atoms with Gasteiger partial charge in [0.2, 0.25) is 0 Å². The molecule has 0 radical (unpaired) electrons. The van der Waals surface area contributed by atoms with Crippen LogP contribution in [0.3, 0.4) is 0 Å². The Labute approximate surface area is 186 Å². The molecule has 1 aliphatic carbocycles. The van der Waals surface area contributed by atoms with Crippen molar-refractivity contribution in [3.63, 3.8) is 0 Å². The number of carbonyl (C=O) groups excluding carboxylic acids is 1. The highest BCUT2D eigenvalue weighted by Crippen LogP contribution is 2.46. The highest BCUT2D eigenvalue weighted by Gasteiger charge is 2.52. The van der Waals surface area contributed by atoms with E-state index in [4.69, 9.17) is 5.26 Å². The summed E-state index contributed by atoms with van der Waals surface area (Å²) in [5.41, 5.74) is -1.49. The molecule has 1 unspecified atom stereocenters. The van der Waals surface area contributed by atoms with Crippen molar-refractivity contribution >= 4 is 34.0 Å². The monoisotopic (exact) mass is 463 g/mol. The topological polar surface area (TPSA) is 84.6 Å². The second-order valence-electron chi connectivity index (χ2n) is 7.96. The Morgan fingerprint density at radius 3 is 2.59 bits per heavy atom. The molecule has 0 spiro atoms. The SMILES string of the molecule is CCC1CCC[C@@H]2[C@@H]1N(c1ccc(C(=O)O)s1)C(=O)N2c1ccc(C#N)c(C(F)(F)F)c1. The molecule has 1 aromatic heterocycles. The van der Waals surface area contributed by atoms with Crippen LogP contribution in [-0.2, 0) is 6.18 Å². The van der Waals surface area contributed by atoms with Crippen molar-refractivity contribution in [2.75, 3.05) is 9.80 Å². The third-order valence-electron chi connectivity index (χ3n) is 6.27. The summed E-state index contributed by atoms with van der Waals surface area (Å²) in [6.45, 7) is 2.01. The van der Waals surface area contributed by atoms with Crippen molar-refractivity contribution in [1.82, 2.24) is 0 Å². The molecule has 2 fully saturated rings. The number of thiophene rings is 1. The maximum Gasteiger partial charge on any atom is 0.417 e. The fraction of sp³-hybridized carbons (Fsp3) is 0.409. The molecule has 1 aromatic carbocycles. The van der Waals surface area contributed by atoms with Crippen molar-refractivity contribution in [3.05, 3.63) is 46.3 Å². The van der Waals surface area contributed by atoms with Crippen molar-refractivity contribution in [1.29, 1.82) is 5.26 Å². The number of alkyl halides is 3. The fourth-order valence-electron chi connectivity index (χ4n) is 4.87. The number of hydrogen-bond acceptors (Lipinski definition) is 4. The lowest BCUT2D eigenvalue weighted by atomic mass is 9.79. The van der Waals surface area contributed by atoms with Crippen molar-refractivity contribution in [2.24, 2.45) is 5.92 Å². The molecule has 4 rings (SSSR count). The van der Waals surface area contributed by atoms with Gasteiger partial charge in [0.1, 0.15) is 9.88 Å². The van der Waals surface area contributed by atoms with Gasteiger partial charge in [-0.05, 0) is 49.1 Å². The largest absolute Gasteiger partial charge is 0.477 e. The molecule has 3 atom stereocenters. The summed E-state index contributed by atoms with van der Waals surface area (Å²) in [6.07, 6.45) is -1.59. The lowest BCUT2D eigenvalue weighted by molar-refractivity contribution is -0.137. The molecule has 1 N–H and O–H groups in total. The average Bonchev–Trinajstić information content (AvgIpc) is 3.34. The van der Waals surface area contributed by atoms with Crippen LogP contribution in [0.5, 0.6) is 0 Å². The molecule has 1 saturated heterocycles. The quantitative estimate of drug-likeness (QED) is 0.628. The molecule has 2 amide bonds. The van der Waals surface area contributed by atoms with E-state index < -0.39 is 29.3 Å². The first-order chi connectivity index (χ1) is 15.2. The first-order valence-corrected chi connectivity index (χ1v) is 11.1. The number of carbonyl (C=O) groups is 2. The number of benzene rings is 1. The standard InChI is InChI=1S/C22H20F3N3O3S/c1-2-12-4-3-5-16-19(12)28(18-9-8-17(32-18)20(29)30)21(31)27(16)14-7-6-13(11-26)15(10-14)22(23,24)25/h6-10,12,16,19H,2-5H2,1H3,(H,29,30)/t12?,16-,19-/m1/s1. The molecule has 0 bridgehead atoms. The molecule has 6 nitrogen and oxygen atoms in total. The Morgan fingerprint density at radius 1 is 1.25 bits per heavy atom. The van der Waals surface area contributed by atoms with Gasteiger partial charge >= 0.3 is 18.2 Å². The molecule has 2 aliphatic rings. The van der Waals surface area contributed by atoms with Crippen molar-refractivity contribution in [3.8, 4) is 6.07 Å². The third-order valence-corrected chi connectivity index (χ3v) is 7.34. The van der Waals surface area contributed by atoms with Gasteiger partial charge in [0.15, 0.2) is 0 Å². The van der Waals surface area contributed by atoms with E-state index in [2.05, 4.69) is 0 Å². The Bertz CT molecular complexity index is 1110. The van der Waals surface area contributed by atoms with Crippen LogP contribution in [-0.4, -0.2) is 29.2 Å². The van der Waals surface area contributed by atoms with E-state index in [1.54, 1.807) is 17.0 Å². The number of carboxylic acid groups (broad SMARTS) is 1. The zero-order chi connectivity index (χ0) is 23.2. The normalized spacial score (nSPS) is 23.2. The fourth-order valence-corrected chi connectivity index (χ4v) is 5.75. The smallest absolute Gasteiger partial charge is 0.417 e. The summed E-state index contributed by atoms with van der Waals surface area (Å²) in [5, 5.41) is 18.9. The van der Waals surface area contributed by atoms with Crippen LogP contribution >= 0.6 is 11.3 Å². The second-order valence-corrected chi connectivity index (χ2v) is 9.02. The van der Waals surface area contributed by atoms with E-state index in [1.807, 2.05) is 6.92 Å². The molecule has 1 aliphatic heterocycles. The molecule has 10 heteroatoms. The molecule has 168 valence electrons. The first-order valence-electron chi connectivity index (χ1n) is 10.2. The highest BCUT2D eigenvalue weighted by molar-refractivity contribution is 7.18. The van der Waals surface area contributed by atoms with Crippen LogP contribution < -0.4 is 9.80 Å². The summed E-state index contributed by atoms with van der Waals surface area (Å²) in [6, 6.07) is 6.82. The van der Waals surface area contributed by atoms with Gasteiger partial charge in [0.25, 0.3) is 0 Å². The number of carboxylic acids is 1. The summed E-state index contributed by atoms with van der Waals surface area (Å²) in [7, 11) is 0. The minimum Gasteiger partial charge on any atom is -0.477 e. The van der Waals surface area contributed by atoms with E-state index in [1.165, 1.54) is 17.0 Å². The van der Waals surface area contributed by atoms with Gasteiger partial charge < -0.3 is 5.11 Å². The number of nitriles is 1. The van der Waals surface area contributed by atoms with Gasteiger partial charge in [-0.2, -0.15) is 18.4 Å². The number of aromatic carboxylic acids is 1. The van der Waals surface area contributed by atoms with E-state index in [0.717, 1.165) is 42.7 Å². The minimum absolute atomic E-state index is 0.0874. The summed E-state index contributed by atoms with van der Waals surface area (Å²) in [4.78, 5) is 28.0. The van der Waals surface area contributed by atoms with Crippen molar-refractivity contribution < 1.29 is 27.9 Å². The zero-order valence-electron chi connectivity index (χ0n) is 17.1. The predicted molar refractivity (Wildman–Crippen MR) is 113 cm³/mol. The number of amides is 2. The van der Waals surface area contributed by atoms with E-state index in [0.29, 0.717) is 11.4 Å². The molecule has 2 aromatic rings. The van der Waals surface area contributed by atoms with Crippen LogP contribution in [0.15, 0.2) is 30.3 Å². The number of anilines is 2. The number of nitrogens with zero attached hydrogens (tertiary/aromatic N) is 3. The third kappa shape index (κ3) is 3.60. The molecule has 2 heterocycles. The number of halogens is 3. The number of hydrogen-bond donors (Lipinski definition) is 1. The van der Waals surface area contributed by atoms with Crippen LogP contribution in [0.1, 0.15) is 53.4 Å². The Kier molecular flexibility index (Phi) is 5.63. The van der Waals surface area contributed by atoms with Gasteiger partial charge in [-0.1, -0.05) is 19.8 Å². The molecular formula is C22H20F3N3O3S. The summed E-state index contributed by atoms with van der Waals surface area (Å²) >= 11 is 0.977. The van der Waals surface area contributed by atoms with Crippen LogP contribution in [0, 0.1) is 17.2 Å². The number of rotatable bonds is 4. The Morgan fingerprint density at radius 2 is 2.00 bits per heavy atom. The van der Waals surface area contributed by atoms with Gasteiger partial charge in [-0.15, -0.1) is 11.3 Å². The van der Waals surface area contributed by atoms with E-state index in [9.17, 15) is 27.9 Å². The van der Waals surface area contributed by atoms with Gasteiger partial charge in [-0.25, -0.2) is 9.59 Å². The Balaban J connectivity index is 1.82. The Hall–Kier alpha value is -3.06. The summed E-state index contributed by atoms with van der Waals surface area (Å²) in [5.74, 6) is -0.961. The lowest BCUT2D eigenvalue weighted by Gasteiger charge is -2.37. The van der Waals surface area contributed by atoms with Crippen LogP contribution in [0.2, 0.25) is 0 Å². The second kappa shape index (κ2) is 8.13. The maximum atomic E-state index is 13.6. The van der Waals surface area contributed by atoms with Gasteiger partial charge in [0, 0.05) is 5.69 Å². The van der Waals surface area contributed by atoms with Crippen molar-refractivity contribution in [2.45, 2.75) is 50.9 Å². The molecule has 1 saturated carbocycles. The van der Waals surface area contributed by atoms with Gasteiger partial charge in [0.05, 0.1) is 29.3 Å². The number of urea groups is 1. The first kappa shape index (κ1) is 22.1. The van der Waals surface area contributed by atoms with E-state index >= 15 is 0 Å². The molecular weight excluding hydrogens is 443 g/mol. The summed E-state index contributed by atoms with van der Waals surface area (Å²) < 4.78 is 40.7. The minimum atomic E-state index is -4.73. The predicted octanol–water partition coefficient (Wildman–Crippen LogP) is 5.73. The van der Waals surface area contributed by atoms with Crippen LogP contribution in [0.4, 0.5) is 28.7 Å². The number of fused-ring (bicyclic) bond motifs is 1. The van der Waals surface area contributed by atoms with Gasteiger partial charge in [-0.3, -0.25) is 9.80 Å². The molecule has 32 heavy (non-hydrogen) atoms. The zero-order valence-corrected chi connectivity index (χ0v) is 17.9. The van der Waals surface area contributed by atoms with E-state index in [-0.39, 0.29) is 28.6 Å². The van der Waals surface area contributed by atoms with Crippen LogP contribution in [0.25, 0.3) is 0 Å². The maximum absolute atomic E-state index is 13.6. The highest BCUT2D eigenvalue weighted by atomic mass is 32.1. The lowest BCUT2D eigenvalue weighted by Crippen LogP contribution is -2.45.